The molecular formula is C24H31ClO4S. The largest absolute Gasteiger partial charge is 0.458 e. The Morgan fingerprint density at radius 2 is 1.57 bits per heavy atom. The molecule has 2 aromatic rings. The summed E-state index contributed by atoms with van der Waals surface area (Å²) in [6, 6.07) is 16.9. The molecule has 0 saturated heterocycles. The molecule has 0 spiro atoms. The maximum absolute atomic E-state index is 13.2. The van der Waals surface area contributed by atoms with Gasteiger partial charge in [-0.3, -0.25) is 4.21 Å². The van der Waals surface area contributed by atoms with Gasteiger partial charge in [-0.25, -0.2) is 4.79 Å². The van der Waals surface area contributed by atoms with Gasteiger partial charge in [0.1, 0.15) is 10.3 Å². The zero-order valence-corrected chi connectivity index (χ0v) is 20.0. The Bertz CT molecular complexity index is 857. The van der Waals surface area contributed by atoms with E-state index in [-0.39, 0.29) is 6.61 Å². The molecular weight excluding hydrogens is 420 g/mol. The van der Waals surface area contributed by atoms with Crippen molar-refractivity contribution in [2.24, 2.45) is 5.41 Å². The standard InChI is InChI=1S/C24H31ClO4S/c1-17-12-14-19(15-13-17)30(27)22(25)24(5,6)20(21(26)29-23(2,3)4)28-16-18-10-8-7-9-11-18/h7-15,20,22H,16H2,1-6H3/t20-,22?,30?/m0/s1. The fourth-order valence-electron chi connectivity index (χ4n) is 2.88. The second-order valence-corrected chi connectivity index (χ2v) is 11.2. The van der Waals surface area contributed by atoms with E-state index in [2.05, 4.69) is 0 Å². The van der Waals surface area contributed by atoms with Gasteiger partial charge in [0.2, 0.25) is 0 Å². The van der Waals surface area contributed by atoms with E-state index in [0.29, 0.717) is 4.90 Å². The van der Waals surface area contributed by atoms with Crippen molar-refractivity contribution >= 4 is 28.4 Å². The first-order chi connectivity index (χ1) is 13.9. The van der Waals surface area contributed by atoms with Crippen LogP contribution >= 0.6 is 11.6 Å². The molecule has 0 bridgehead atoms. The van der Waals surface area contributed by atoms with E-state index in [4.69, 9.17) is 21.1 Å². The van der Waals surface area contributed by atoms with Crippen molar-refractivity contribution < 1.29 is 18.5 Å². The van der Waals surface area contributed by atoms with Crippen LogP contribution in [0, 0.1) is 12.3 Å². The molecule has 0 aliphatic rings. The molecule has 0 fully saturated rings. The van der Waals surface area contributed by atoms with E-state index in [0.717, 1.165) is 11.1 Å². The molecule has 0 N–H and O–H groups in total. The summed E-state index contributed by atoms with van der Waals surface area (Å²) in [6.45, 7) is 11.2. The lowest BCUT2D eigenvalue weighted by molar-refractivity contribution is -0.177. The minimum atomic E-state index is -1.54. The molecule has 0 heterocycles. The monoisotopic (exact) mass is 450 g/mol. The second kappa shape index (κ2) is 10.1. The summed E-state index contributed by atoms with van der Waals surface area (Å²) in [7, 11) is -1.54. The van der Waals surface area contributed by atoms with Gasteiger partial charge in [-0.1, -0.05) is 61.9 Å². The van der Waals surface area contributed by atoms with Crippen LogP contribution in [0.1, 0.15) is 45.7 Å². The summed E-state index contributed by atoms with van der Waals surface area (Å²) in [6.07, 6.45) is -0.992. The van der Waals surface area contributed by atoms with E-state index in [9.17, 15) is 9.00 Å². The van der Waals surface area contributed by atoms with Crippen molar-refractivity contribution in [2.75, 3.05) is 0 Å². The van der Waals surface area contributed by atoms with Crippen LogP contribution in [0.3, 0.4) is 0 Å². The van der Waals surface area contributed by atoms with E-state index in [1.165, 1.54) is 0 Å². The predicted octanol–water partition coefficient (Wildman–Crippen LogP) is 5.62. The molecule has 30 heavy (non-hydrogen) atoms. The van der Waals surface area contributed by atoms with Crippen molar-refractivity contribution in [1.29, 1.82) is 0 Å². The minimum Gasteiger partial charge on any atom is -0.458 e. The summed E-state index contributed by atoms with van der Waals surface area (Å²) in [5, 5.41) is 0. The fourth-order valence-corrected chi connectivity index (χ4v) is 4.62. The highest BCUT2D eigenvalue weighted by atomic mass is 35.5. The molecule has 0 aliphatic carbocycles. The third kappa shape index (κ3) is 6.66. The summed E-state index contributed by atoms with van der Waals surface area (Å²) >= 11 is 6.70. The molecule has 4 nitrogen and oxygen atoms in total. The Balaban J connectivity index is 2.29. The molecule has 0 saturated carbocycles. The number of carbonyl (C=O) groups excluding carboxylic acids is 1. The summed E-state index contributed by atoms with van der Waals surface area (Å²) in [4.78, 5) is 13.6. The first-order valence-electron chi connectivity index (χ1n) is 9.91. The molecule has 0 radical (unpaired) electrons. The lowest BCUT2D eigenvalue weighted by atomic mass is 9.88. The molecule has 2 rings (SSSR count). The van der Waals surface area contributed by atoms with Gasteiger partial charge in [-0.2, -0.15) is 0 Å². The van der Waals surface area contributed by atoms with Gasteiger partial charge in [0.05, 0.1) is 17.4 Å². The Morgan fingerprint density at radius 1 is 1.00 bits per heavy atom. The molecule has 2 aromatic carbocycles. The average molecular weight is 451 g/mol. The number of rotatable bonds is 8. The third-order valence-corrected chi connectivity index (χ3v) is 7.35. The number of esters is 1. The quantitative estimate of drug-likeness (QED) is 0.387. The maximum atomic E-state index is 13.2. The number of aryl methyl sites for hydroxylation is 1. The van der Waals surface area contributed by atoms with Crippen molar-refractivity contribution in [3.05, 3.63) is 65.7 Å². The number of carbonyl (C=O) groups is 1. The van der Waals surface area contributed by atoms with E-state index >= 15 is 0 Å². The van der Waals surface area contributed by atoms with Crippen molar-refractivity contribution in [3.63, 3.8) is 0 Å². The molecule has 0 amide bonds. The number of alkyl halides is 1. The lowest BCUT2D eigenvalue weighted by Gasteiger charge is -2.37. The average Bonchev–Trinajstić information content (AvgIpc) is 2.66. The van der Waals surface area contributed by atoms with E-state index in [1.54, 1.807) is 46.8 Å². The number of halogens is 1. The normalized spacial score (nSPS) is 15.3. The van der Waals surface area contributed by atoms with Crippen LogP contribution in [-0.2, 0) is 31.7 Å². The SMILES string of the molecule is Cc1ccc(S(=O)C(Cl)C(C)(C)[C@@H](OCc2ccccc2)C(=O)OC(C)(C)C)cc1. The second-order valence-electron chi connectivity index (χ2n) is 8.96. The van der Waals surface area contributed by atoms with Gasteiger partial charge < -0.3 is 9.47 Å². The number of ether oxygens (including phenoxy) is 2. The van der Waals surface area contributed by atoms with Crippen LogP contribution in [0.15, 0.2) is 59.5 Å². The zero-order chi connectivity index (χ0) is 22.5. The highest BCUT2D eigenvalue weighted by Gasteiger charge is 2.46. The highest BCUT2D eigenvalue weighted by Crippen LogP contribution is 2.37. The van der Waals surface area contributed by atoms with Crippen LogP contribution in [0.5, 0.6) is 0 Å². The zero-order valence-electron chi connectivity index (χ0n) is 18.5. The van der Waals surface area contributed by atoms with Gasteiger partial charge in [0.15, 0.2) is 6.10 Å². The van der Waals surface area contributed by atoms with Crippen LogP contribution in [0.25, 0.3) is 0 Å². The Kier molecular flexibility index (Phi) is 8.26. The Labute approximate surface area is 187 Å². The third-order valence-electron chi connectivity index (χ3n) is 4.58. The van der Waals surface area contributed by atoms with Crippen molar-refractivity contribution in [1.82, 2.24) is 0 Å². The minimum absolute atomic E-state index is 0.217. The van der Waals surface area contributed by atoms with Gasteiger partial charge in [-0.05, 0) is 45.4 Å². The first kappa shape index (κ1) is 24.6. The van der Waals surface area contributed by atoms with Crippen LogP contribution in [-0.4, -0.2) is 26.6 Å². The molecule has 0 aromatic heterocycles. The molecule has 3 atom stereocenters. The van der Waals surface area contributed by atoms with E-state index in [1.807, 2.05) is 49.4 Å². The Morgan fingerprint density at radius 3 is 2.10 bits per heavy atom. The van der Waals surface area contributed by atoms with Crippen LogP contribution in [0.4, 0.5) is 0 Å². The van der Waals surface area contributed by atoms with Gasteiger partial charge >= 0.3 is 5.97 Å². The molecule has 2 unspecified atom stereocenters. The van der Waals surface area contributed by atoms with Crippen LogP contribution in [0.2, 0.25) is 0 Å². The number of hydrogen-bond acceptors (Lipinski definition) is 4. The first-order valence-corrected chi connectivity index (χ1v) is 11.6. The predicted molar refractivity (Wildman–Crippen MR) is 122 cm³/mol. The van der Waals surface area contributed by atoms with Gasteiger partial charge in [0.25, 0.3) is 0 Å². The molecule has 164 valence electrons. The summed E-state index contributed by atoms with van der Waals surface area (Å²) < 4.78 is 23.9. The smallest absolute Gasteiger partial charge is 0.336 e. The van der Waals surface area contributed by atoms with E-state index < -0.39 is 38.6 Å². The Hall–Kier alpha value is -1.69. The molecule has 0 aliphatic heterocycles. The lowest BCUT2D eigenvalue weighted by Crippen LogP contribution is -2.48. The number of hydrogen-bond donors (Lipinski definition) is 0. The van der Waals surface area contributed by atoms with Gasteiger partial charge in [-0.15, -0.1) is 11.6 Å². The van der Waals surface area contributed by atoms with Crippen molar-refractivity contribution in [3.8, 4) is 0 Å². The highest BCUT2D eigenvalue weighted by molar-refractivity contribution is 7.87. The molecule has 6 heteroatoms. The van der Waals surface area contributed by atoms with Gasteiger partial charge in [0, 0.05) is 10.3 Å². The topological polar surface area (TPSA) is 52.6 Å². The van der Waals surface area contributed by atoms with Crippen LogP contribution < -0.4 is 0 Å². The fraction of sp³-hybridized carbons (Fsp3) is 0.458. The summed E-state index contributed by atoms with van der Waals surface area (Å²) in [5.74, 6) is -0.519. The van der Waals surface area contributed by atoms with Crippen molar-refractivity contribution in [2.45, 2.75) is 69.5 Å². The summed E-state index contributed by atoms with van der Waals surface area (Å²) in [5.41, 5.74) is 0.347. The number of benzene rings is 2. The maximum Gasteiger partial charge on any atom is 0.336 e.